The number of para-hydroxylation sites is 1. The number of hydrogen-bond donors (Lipinski definition) is 0. The first-order valence-corrected chi connectivity index (χ1v) is 19.1. The molecular weight excluding hydrogens is 679 g/mol. The van der Waals surface area contributed by atoms with Gasteiger partial charge in [-0.1, -0.05) is 182 Å². The number of hydrogen-bond acceptors (Lipinski definition) is 2. The highest BCUT2D eigenvalue weighted by atomic mass is 16.3. The summed E-state index contributed by atoms with van der Waals surface area (Å²) < 4.78 is 6.44. The molecular formula is C54H37NO. The van der Waals surface area contributed by atoms with Crippen molar-refractivity contribution in [3.63, 3.8) is 0 Å². The number of anilines is 3. The van der Waals surface area contributed by atoms with Gasteiger partial charge in [0.15, 0.2) is 0 Å². The quantitative estimate of drug-likeness (QED) is 0.156. The molecule has 0 radical (unpaired) electrons. The molecule has 1 aromatic heterocycles. The fourth-order valence-electron chi connectivity index (χ4n) is 8.01. The SMILES string of the molecule is c1ccc(-c2ccc(N(c3ccc(-c4ccccc4)c(-c4ccccc4)c3)c3cc(-c4ccccc4)ccc3-c3cccc4oc5ccccc5c34)cc2)cc1. The molecule has 10 rings (SSSR count). The molecule has 0 amide bonds. The van der Waals surface area contributed by atoms with Gasteiger partial charge in [0.1, 0.15) is 11.2 Å². The second-order valence-corrected chi connectivity index (χ2v) is 14.1. The largest absolute Gasteiger partial charge is 0.456 e. The Morgan fingerprint density at radius 2 is 0.786 bits per heavy atom. The van der Waals surface area contributed by atoms with Gasteiger partial charge in [0, 0.05) is 27.7 Å². The van der Waals surface area contributed by atoms with E-state index in [0.717, 1.165) is 61.3 Å². The van der Waals surface area contributed by atoms with Crippen molar-refractivity contribution in [2.45, 2.75) is 0 Å². The standard InChI is InChI=1S/C54H37NO/c1-5-16-38(17-6-1)40-28-31-44(32-29-40)55(45-33-35-46(41-20-9-3-10-21-41)50(37-45)42-22-11-4-12-23-42)51-36-43(39-18-7-2-8-19-39)30-34-47(51)48-25-15-27-53-54(48)49-24-13-14-26-52(49)56-53/h1-37H. The van der Waals surface area contributed by atoms with Crippen molar-refractivity contribution in [2.24, 2.45) is 0 Å². The van der Waals surface area contributed by atoms with Gasteiger partial charge in [0.2, 0.25) is 0 Å². The first-order valence-electron chi connectivity index (χ1n) is 19.1. The van der Waals surface area contributed by atoms with E-state index in [4.69, 9.17) is 4.42 Å². The van der Waals surface area contributed by atoms with Gasteiger partial charge in [-0.25, -0.2) is 0 Å². The Labute approximate surface area is 327 Å². The summed E-state index contributed by atoms with van der Waals surface area (Å²) in [5.41, 5.74) is 16.6. The molecule has 0 aliphatic heterocycles. The molecule has 0 unspecified atom stereocenters. The van der Waals surface area contributed by atoms with Crippen LogP contribution in [0.3, 0.4) is 0 Å². The van der Waals surface area contributed by atoms with E-state index in [9.17, 15) is 0 Å². The van der Waals surface area contributed by atoms with Crippen molar-refractivity contribution >= 4 is 39.0 Å². The van der Waals surface area contributed by atoms with Crippen LogP contribution in [0.15, 0.2) is 229 Å². The summed E-state index contributed by atoms with van der Waals surface area (Å²) in [4.78, 5) is 2.43. The van der Waals surface area contributed by atoms with Gasteiger partial charge in [-0.2, -0.15) is 0 Å². The molecule has 0 spiro atoms. The molecule has 0 atom stereocenters. The summed E-state index contributed by atoms with van der Waals surface area (Å²) >= 11 is 0. The average molecular weight is 716 g/mol. The monoisotopic (exact) mass is 715 g/mol. The highest BCUT2D eigenvalue weighted by Crippen LogP contribution is 2.48. The van der Waals surface area contributed by atoms with Crippen molar-refractivity contribution < 1.29 is 4.42 Å². The molecule has 0 aliphatic rings. The van der Waals surface area contributed by atoms with Crippen molar-refractivity contribution in [1.29, 1.82) is 0 Å². The molecule has 0 saturated carbocycles. The second-order valence-electron chi connectivity index (χ2n) is 14.1. The smallest absolute Gasteiger partial charge is 0.136 e. The number of nitrogens with zero attached hydrogens (tertiary/aromatic N) is 1. The number of rotatable bonds is 8. The first kappa shape index (κ1) is 33.2. The van der Waals surface area contributed by atoms with Crippen molar-refractivity contribution in [3.05, 3.63) is 224 Å². The molecule has 0 fully saturated rings. The Kier molecular flexibility index (Phi) is 8.55. The number of furan rings is 1. The minimum Gasteiger partial charge on any atom is -0.456 e. The molecule has 2 heteroatoms. The van der Waals surface area contributed by atoms with Crippen molar-refractivity contribution in [1.82, 2.24) is 0 Å². The Morgan fingerprint density at radius 3 is 1.46 bits per heavy atom. The first-order chi connectivity index (χ1) is 27.8. The van der Waals surface area contributed by atoms with E-state index in [0.29, 0.717) is 0 Å². The number of fused-ring (bicyclic) bond motifs is 3. The summed E-state index contributed by atoms with van der Waals surface area (Å²) in [5, 5.41) is 2.22. The maximum absolute atomic E-state index is 6.44. The average Bonchev–Trinajstić information content (AvgIpc) is 3.67. The summed E-state index contributed by atoms with van der Waals surface area (Å²) in [6.07, 6.45) is 0. The van der Waals surface area contributed by atoms with Crippen molar-refractivity contribution in [3.8, 4) is 55.6 Å². The molecule has 2 nitrogen and oxygen atoms in total. The highest BCUT2D eigenvalue weighted by molar-refractivity contribution is 6.14. The van der Waals surface area contributed by atoms with E-state index >= 15 is 0 Å². The zero-order valence-electron chi connectivity index (χ0n) is 30.7. The zero-order valence-corrected chi connectivity index (χ0v) is 30.7. The highest BCUT2D eigenvalue weighted by Gasteiger charge is 2.23. The van der Waals surface area contributed by atoms with Gasteiger partial charge in [-0.3, -0.25) is 0 Å². The molecule has 0 aliphatic carbocycles. The third-order valence-corrected chi connectivity index (χ3v) is 10.7. The van der Waals surface area contributed by atoms with Crippen LogP contribution < -0.4 is 4.90 Å². The van der Waals surface area contributed by atoms with Crippen LogP contribution in [0.2, 0.25) is 0 Å². The minimum atomic E-state index is 0.874. The minimum absolute atomic E-state index is 0.874. The van der Waals surface area contributed by atoms with E-state index < -0.39 is 0 Å². The predicted molar refractivity (Wildman–Crippen MR) is 236 cm³/mol. The van der Waals surface area contributed by atoms with Gasteiger partial charge < -0.3 is 9.32 Å². The summed E-state index contributed by atoms with van der Waals surface area (Å²) in [5.74, 6) is 0. The lowest BCUT2D eigenvalue weighted by Gasteiger charge is -2.30. The van der Waals surface area contributed by atoms with Crippen LogP contribution in [-0.4, -0.2) is 0 Å². The Morgan fingerprint density at radius 1 is 0.286 bits per heavy atom. The molecule has 264 valence electrons. The lowest BCUT2D eigenvalue weighted by molar-refractivity contribution is 0.669. The summed E-state index contributed by atoms with van der Waals surface area (Å²) in [6, 6.07) is 80.2. The Hall–Kier alpha value is -7.42. The molecule has 0 saturated heterocycles. The third kappa shape index (κ3) is 6.14. The summed E-state index contributed by atoms with van der Waals surface area (Å²) in [7, 11) is 0. The van der Waals surface area contributed by atoms with Gasteiger partial charge in [-0.15, -0.1) is 0 Å². The van der Waals surface area contributed by atoms with Gasteiger partial charge in [0.25, 0.3) is 0 Å². The fourth-order valence-corrected chi connectivity index (χ4v) is 8.01. The third-order valence-electron chi connectivity index (χ3n) is 10.7. The predicted octanol–water partition coefficient (Wildman–Crippen LogP) is 15.4. The van der Waals surface area contributed by atoms with Crippen LogP contribution in [0.5, 0.6) is 0 Å². The molecule has 56 heavy (non-hydrogen) atoms. The number of benzene rings is 9. The van der Waals surface area contributed by atoms with Crippen LogP contribution in [0.25, 0.3) is 77.6 Å². The normalized spacial score (nSPS) is 11.2. The van der Waals surface area contributed by atoms with Gasteiger partial charge in [0.05, 0.1) is 5.69 Å². The molecule has 10 aromatic rings. The molecule has 1 heterocycles. The molecule has 0 N–H and O–H groups in total. The Bertz CT molecular complexity index is 2930. The van der Waals surface area contributed by atoms with Gasteiger partial charge >= 0.3 is 0 Å². The maximum atomic E-state index is 6.44. The topological polar surface area (TPSA) is 16.4 Å². The van der Waals surface area contributed by atoms with E-state index in [1.54, 1.807) is 0 Å². The summed E-state index contributed by atoms with van der Waals surface area (Å²) in [6.45, 7) is 0. The van der Waals surface area contributed by atoms with Crippen LogP contribution in [0.4, 0.5) is 17.1 Å². The zero-order chi connectivity index (χ0) is 37.3. The lowest BCUT2D eigenvalue weighted by atomic mass is 9.92. The van der Waals surface area contributed by atoms with E-state index in [2.05, 4.69) is 223 Å². The van der Waals surface area contributed by atoms with Crippen LogP contribution in [0.1, 0.15) is 0 Å². The van der Waals surface area contributed by atoms with Crippen LogP contribution in [0, 0.1) is 0 Å². The van der Waals surface area contributed by atoms with E-state index in [1.165, 1.54) is 33.4 Å². The van der Waals surface area contributed by atoms with Crippen molar-refractivity contribution in [2.75, 3.05) is 4.90 Å². The lowest BCUT2D eigenvalue weighted by Crippen LogP contribution is -2.12. The van der Waals surface area contributed by atoms with E-state index in [1.807, 2.05) is 6.07 Å². The molecule has 9 aromatic carbocycles. The van der Waals surface area contributed by atoms with Gasteiger partial charge in [-0.05, 0) is 92.5 Å². The van der Waals surface area contributed by atoms with Crippen LogP contribution in [-0.2, 0) is 0 Å². The van der Waals surface area contributed by atoms with E-state index in [-0.39, 0.29) is 0 Å². The fraction of sp³-hybridized carbons (Fsp3) is 0. The Balaban J connectivity index is 1.26. The molecule has 0 bridgehead atoms. The maximum Gasteiger partial charge on any atom is 0.136 e. The second kappa shape index (κ2) is 14.4. The van der Waals surface area contributed by atoms with Crippen LogP contribution >= 0.6 is 0 Å².